The maximum Gasteiger partial charge on any atom is 0.255 e. The third-order valence-electron chi connectivity index (χ3n) is 2.80. The van der Waals surface area contributed by atoms with Crippen LogP contribution in [0.3, 0.4) is 0 Å². The summed E-state index contributed by atoms with van der Waals surface area (Å²) < 4.78 is 5.32. The highest BCUT2D eigenvalue weighted by molar-refractivity contribution is 6.05. The Kier molecular flexibility index (Phi) is 4.41. The lowest BCUT2D eigenvalue weighted by Crippen LogP contribution is -2.13. The van der Waals surface area contributed by atoms with Crippen LogP contribution in [0, 0.1) is 19.3 Å². The molecule has 0 aliphatic carbocycles. The quantitative estimate of drug-likeness (QED) is 0.862. The van der Waals surface area contributed by atoms with E-state index in [0.717, 1.165) is 5.56 Å². The van der Waals surface area contributed by atoms with Gasteiger partial charge >= 0.3 is 0 Å². The summed E-state index contributed by atoms with van der Waals surface area (Å²) in [6.07, 6.45) is 5.14. The van der Waals surface area contributed by atoms with Crippen LogP contribution in [-0.4, -0.2) is 12.5 Å². The van der Waals surface area contributed by atoms with Crippen LogP contribution >= 0.6 is 0 Å². The topological polar surface area (TPSA) is 38.3 Å². The first-order valence-electron chi connectivity index (χ1n) is 6.24. The van der Waals surface area contributed by atoms with Crippen LogP contribution in [0.4, 0.5) is 5.69 Å². The van der Waals surface area contributed by atoms with E-state index in [1.165, 1.54) is 0 Å². The van der Waals surface area contributed by atoms with Gasteiger partial charge < -0.3 is 10.1 Å². The maximum absolute atomic E-state index is 12.2. The molecule has 0 aliphatic rings. The van der Waals surface area contributed by atoms with Crippen molar-refractivity contribution in [3.63, 3.8) is 0 Å². The summed E-state index contributed by atoms with van der Waals surface area (Å²) in [6.45, 7) is 2.11. The molecule has 0 bridgehead atoms. The monoisotopic (exact) mass is 265 g/mol. The molecule has 2 aromatic carbocycles. The van der Waals surface area contributed by atoms with E-state index < -0.39 is 0 Å². The molecule has 2 aromatic rings. The molecular weight excluding hydrogens is 250 g/mol. The molecule has 0 saturated carbocycles. The fourth-order valence-electron chi connectivity index (χ4n) is 1.81. The van der Waals surface area contributed by atoms with Crippen molar-refractivity contribution in [2.75, 3.05) is 11.9 Å². The Labute approximate surface area is 118 Å². The Morgan fingerprint density at radius 1 is 1.25 bits per heavy atom. The molecule has 1 amide bonds. The average Bonchev–Trinajstić information content (AvgIpc) is 2.46. The fraction of sp³-hybridized carbons (Fsp3) is 0.118. The molecule has 3 heteroatoms. The van der Waals surface area contributed by atoms with Crippen molar-refractivity contribution in [1.29, 1.82) is 0 Å². The molecule has 0 radical (unpaired) electrons. The van der Waals surface area contributed by atoms with Crippen molar-refractivity contribution in [3.8, 4) is 18.1 Å². The fourth-order valence-corrected chi connectivity index (χ4v) is 1.81. The third kappa shape index (κ3) is 3.39. The molecule has 1 N–H and O–H groups in total. The first kappa shape index (κ1) is 13.7. The molecule has 0 aliphatic heterocycles. The van der Waals surface area contributed by atoms with Crippen molar-refractivity contribution >= 4 is 11.6 Å². The van der Waals surface area contributed by atoms with Crippen molar-refractivity contribution in [3.05, 3.63) is 59.7 Å². The number of hydrogen-bond acceptors (Lipinski definition) is 2. The van der Waals surface area contributed by atoms with Crippen LogP contribution in [0.15, 0.2) is 48.5 Å². The Balaban J connectivity index is 2.12. The first-order chi connectivity index (χ1) is 9.70. The molecule has 0 atom stereocenters. The molecule has 100 valence electrons. The van der Waals surface area contributed by atoms with Gasteiger partial charge in [0.15, 0.2) is 0 Å². The van der Waals surface area contributed by atoms with Crippen molar-refractivity contribution in [2.45, 2.75) is 6.92 Å². The number of hydrogen-bond donors (Lipinski definition) is 1. The second kappa shape index (κ2) is 6.44. The van der Waals surface area contributed by atoms with E-state index in [4.69, 9.17) is 11.2 Å². The Morgan fingerprint density at radius 3 is 2.80 bits per heavy atom. The summed E-state index contributed by atoms with van der Waals surface area (Å²) in [6, 6.07) is 14.6. The lowest BCUT2D eigenvalue weighted by Gasteiger charge is -2.09. The SMILES string of the molecule is C#CCOc1cccc(NC(=O)c2ccccc2C)c1. The standard InChI is InChI=1S/C17H15NO2/c1-3-11-20-15-9-6-8-14(12-15)18-17(19)16-10-5-4-7-13(16)2/h1,4-10,12H,11H2,2H3,(H,18,19). The van der Waals surface area contributed by atoms with E-state index in [9.17, 15) is 4.79 Å². The number of ether oxygens (including phenoxy) is 1. The predicted octanol–water partition coefficient (Wildman–Crippen LogP) is 3.26. The van der Waals surface area contributed by atoms with E-state index >= 15 is 0 Å². The summed E-state index contributed by atoms with van der Waals surface area (Å²) in [7, 11) is 0. The van der Waals surface area contributed by atoms with E-state index in [1.54, 1.807) is 30.3 Å². The van der Waals surface area contributed by atoms with Crippen LogP contribution in [0.2, 0.25) is 0 Å². The number of benzene rings is 2. The van der Waals surface area contributed by atoms with Crippen LogP contribution in [0.5, 0.6) is 5.75 Å². The number of aryl methyl sites for hydroxylation is 1. The zero-order valence-electron chi connectivity index (χ0n) is 11.2. The number of carbonyl (C=O) groups is 1. The summed E-state index contributed by atoms with van der Waals surface area (Å²) in [5.41, 5.74) is 2.26. The average molecular weight is 265 g/mol. The molecular formula is C17H15NO2. The minimum absolute atomic E-state index is 0.141. The normalized spacial score (nSPS) is 9.60. The molecule has 0 unspecified atom stereocenters. The van der Waals surface area contributed by atoms with Gasteiger partial charge in [-0.25, -0.2) is 0 Å². The highest BCUT2D eigenvalue weighted by Gasteiger charge is 2.08. The maximum atomic E-state index is 12.2. The number of terminal acetylenes is 1. The van der Waals surface area contributed by atoms with Gasteiger partial charge in [0.25, 0.3) is 5.91 Å². The molecule has 0 fully saturated rings. The number of nitrogens with one attached hydrogen (secondary N) is 1. The highest BCUT2D eigenvalue weighted by Crippen LogP contribution is 2.18. The molecule has 2 rings (SSSR count). The molecule has 0 spiro atoms. The first-order valence-corrected chi connectivity index (χ1v) is 6.24. The van der Waals surface area contributed by atoms with Gasteiger partial charge in [0, 0.05) is 17.3 Å². The van der Waals surface area contributed by atoms with E-state index in [-0.39, 0.29) is 12.5 Å². The molecule has 0 heterocycles. The lowest BCUT2D eigenvalue weighted by molar-refractivity contribution is 0.102. The molecule has 0 aromatic heterocycles. The zero-order chi connectivity index (χ0) is 14.4. The zero-order valence-corrected chi connectivity index (χ0v) is 11.2. The minimum Gasteiger partial charge on any atom is -0.481 e. The number of amides is 1. The summed E-state index contributed by atoms with van der Waals surface area (Å²) in [5, 5.41) is 2.85. The van der Waals surface area contributed by atoms with Crippen molar-refractivity contribution in [2.24, 2.45) is 0 Å². The Morgan fingerprint density at radius 2 is 2.05 bits per heavy atom. The second-order valence-electron chi connectivity index (χ2n) is 4.29. The van der Waals surface area contributed by atoms with E-state index in [2.05, 4.69) is 11.2 Å². The molecule has 3 nitrogen and oxygen atoms in total. The largest absolute Gasteiger partial charge is 0.481 e. The molecule has 0 saturated heterocycles. The van der Waals surface area contributed by atoms with Gasteiger partial charge in [-0.3, -0.25) is 4.79 Å². The number of rotatable bonds is 4. The smallest absolute Gasteiger partial charge is 0.255 e. The summed E-state index contributed by atoms with van der Waals surface area (Å²) >= 11 is 0. The lowest BCUT2D eigenvalue weighted by atomic mass is 10.1. The van der Waals surface area contributed by atoms with E-state index in [1.807, 2.05) is 25.1 Å². The van der Waals surface area contributed by atoms with Crippen LogP contribution in [0.25, 0.3) is 0 Å². The summed E-state index contributed by atoms with van der Waals surface area (Å²) in [4.78, 5) is 12.2. The Hall–Kier alpha value is -2.73. The van der Waals surface area contributed by atoms with Gasteiger partial charge in [0.2, 0.25) is 0 Å². The summed E-state index contributed by atoms with van der Waals surface area (Å²) in [5.74, 6) is 2.89. The third-order valence-corrected chi connectivity index (χ3v) is 2.80. The van der Waals surface area contributed by atoms with Crippen LogP contribution < -0.4 is 10.1 Å². The van der Waals surface area contributed by atoms with Crippen molar-refractivity contribution < 1.29 is 9.53 Å². The van der Waals surface area contributed by atoms with Crippen molar-refractivity contribution in [1.82, 2.24) is 0 Å². The van der Waals surface area contributed by atoms with Gasteiger partial charge in [-0.1, -0.05) is 30.2 Å². The van der Waals surface area contributed by atoms with Crippen LogP contribution in [-0.2, 0) is 0 Å². The van der Waals surface area contributed by atoms with Gasteiger partial charge in [0.05, 0.1) is 0 Å². The van der Waals surface area contributed by atoms with Gasteiger partial charge in [-0.2, -0.15) is 0 Å². The predicted molar refractivity (Wildman–Crippen MR) is 79.9 cm³/mol. The number of anilines is 1. The second-order valence-corrected chi connectivity index (χ2v) is 4.29. The molecule has 20 heavy (non-hydrogen) atoms. The Bertz CT molecular complexity index is 656. The highest BCUT2D eigenvalue weighted by atomic mass is 16.5. The number of carbonyl (C=O) groups excluding carboxylic acids is 1. The van der Waals surface area contributed by atoms with Crippen LogP contribution in [0.1, 0.15) is 15.9 Å². The van der Waals surface area contributed by atoms with Gasteiger partial charge in [-0.15, -0.1) is 6.42 Å². The minimum atomic E-state index is -0.141. The van der Waals surface area contributed by atoms with Gasteiger partial charge in [0.1, 0.15) is 12.4 Å². The van der Waals surface area contributed by atoms with Gasteiger partial charge in [-0.05, 0) is 30.7 Å². The van der Waals surface area contributed by atoms with E-state index in [0.29, 0.717) is 17.0 Å².